The molecule has 0 radical (unpaired) electrons. The molecule has 0 aromatic heterocycles. The van der Waals surface area contributed by atoms with Crippen LogP contribution in [0.1, 0.15) is 6.42 Å². The Morgan fingerprint density at radius 1 is 1.14 bits per heavy atom. The van der Waals surface area contributed by atoms with Gasteiger partial charge in [0.2, 0.25) is 5.91 Å². The van der Waals surface area contributed by atoms with Crippen LogP contribution in [0, 0.1) is 5.92 Å². The average molecular weight is 403 g/mol. The van der Waals surface area contributed by atoms with E-state index in [4.69, 9.17) is 21.1 Å². The van der Waals surface area contributed by atoms with E-state index in [0.29, 0.717) is 22.1 Å². The number of amides is 2. The van der Waals surface area contributed by atoms with Gasteiger partial charge >= 0.3 is 5.97 Å². The van der Waals surface area contributed by atoms with Crippen LogP contribution in [0.4, 0.5) is 11.4 Å². The number of benzene rings is 2. The van der Waals surface area contributed by atoms with Crippen molar-refractivity contribution < 1.29 is 23.9 Å². The second-order valence-electron chi connectivity index (χ2n) is 6.27. The Morgan fingerprint density at radius 2 is 1.82 bits per heavy atom. The Kier molecular flexibility index (Phi) is 6.16. The maximum Gasteiger partial charge on any atom is 0.311 e. The van der Waals surface area contributed by atoms with E-state index in [0.717, 1.165) is 0 Å². The average Bonchev–Trinajstić information content (AvgIpc) is 3.09. The zero-order valence-electron chi connectivity index (χ0n) is 15.2. The van der Waals surface area contributed by atoms with Crippen LogP contribution in [0.2, 0.25) is 5.02 Å². The summed E-state index contributed by atoms with van der Waals surface area (Å²) in [6.07, 6.45) is 0.0432. The highest BCUT2D eigenvalue weighted by Crippen LogP contribution is 2.27. The van der Waals surface area contributed by atoms with Gasteiger partial charge in [-0.25, -0.2) is 0 Å². The standard InChI is InChI=1S/C20H19ClN2O5/c1-27-17-8-4-15(5-9-17)22-18(24)12-28-20(26)13-10-19(25)23(11-13)16-6-2-14(21)3-7-16/h2-9,13H,10-12H2,1H3,(H,22,24)/t13-/m1/s1. The van der Waals surface area contributed by atoms with E-state index in [1.807, 2.05) is 0 Å². The van der Waals surface area contributed by atoms with Crippen LogP contribution in [0.3, 0.4) is 0 Å². The number of esters is 1. The van der Waals surface area contributed by atoms with E-state index >= 15 is 0 Å². The molecule has 1 atom stereocenters. The number of nitrogens with one attached hydrogen (secondary N) is 1. The second-order valence-corrected chi connectivity index (χ2v) is 6.70. The summed E-state index contributed by atoms with van der Waals surface area (Å²) < 4.78 is 10.1. The van der Waals surface area contributed by atoms with Crippen molar-refractivity contribution in [3.8, 4) is 5.75 Å². The minimum Gasteiger partial charge on any atom is -0.497 e. The molecule has 2 amide bonds. The number of ether oxygens (including phenoxy) is 2. The van der Waals surface area contributed by atoms with Gasteiger partial charge in [-0.3, -0.25) is 14.4 Å². The van der Waals surface area contributed by atoms with Gasteiger partial charge in [-0.1, -0.05) is 11.6 Å². The number of methoxy groups -OCH3 is 1. The Morgan fingerprint density at radius 3 is 2.46 bits per heavy atom. The first kappa shape index (κ1) is 19.7. The number of rotatable bonds is 6. The first-order valence-corrected chi connectivity index (χ1v) is 9.00. The molecule has 0 aliphatic carbocycles. The lowest BCUT2D eigenvalue weighted by molar-refractivity contribution is -0.151. The van der Waals surface area contributed by atoms with Crippen molar-refractivity contribution >= 4 is 40.8 Å². The molecule has 1 N–H and O–H groups in total. The molecule has 7 nitrogen and oxygen atoms in total. The summed E-state index contributed by atoms with van der Waals surface area (Å²) in [5.74, 6) is -1.16. The molecule has 1 heterocycles. The fourth-order valence-corrected chi connectivity index (χ4v) is 2.99. The van der Waals surface area contributed by atoms with Crippen molar-refractivity contribution in [3.63, 3.8) is 0 Å². The van der Waals surface area contributed by atoms with Gasteiger partial charge in [-0.15, -0.1) is 0 Å². The highest BCUT2D eigenvalue weighted by Gasteiger charge is 2.36. The van der Waals surface area contributed by atoms with Gasteiger partial charge in [0.05, 0.1) is 13.0 Å². The lowest BCUT2D eigenvalue weighted by Crippen LogP contribution is -2.28. The zero-order valence-corrected chi connectivity index (χ0v) is 15.9. The van der Waals surface area contributed by atoms with E-state index in [9.17, 15) is 14.4 Å². The van der Waals surface area contributed by atoms with Gasteiger partial charge in [-0.2, -0.15) is 0 Å². The minimum atomic E-state index is -0.614. The predicted molar refractivity (Wildman–Crippen MR) is 104 cm³/mol. The third-order valence-electron chi connectivity index (χ3n) is 4.32. The van der Waals surface area contributed by atoms with Crippen molar-refractivity contribution in [2.45, 2.75) is 6.42 Å². The van der Waals surface area contributed by atoms with E-state index in [1.165, 1.54) is 4.90 Å². The number of carbonyl (C=O) groups is 3. The van der Waals surface area contributed by atoms with E-state index in [1.54, 1.807) is 55.6 Å². The molecule has 28 heavy (non-hydrogen) atoms. The minimum absolute atomic E-state index is 0.0432. The summed E-state index contributed by atoms with van der Waals surface area (Å²) in [5.41, 5.74) is 1.23. The number of hydrogen-bond acceptors (Lipinski definition) is 5. The van der Waals surface area contributed by atoms with Gasteiger partial charge < -0.3 is 19.7 Å². The van der Waals surface area contributed by atoms with Crippen molar-refractivity contribution in [2.24, 2.45) is 5.92 Å². The second kappa shape index (κ2) is 8.75. The van der Waals surface area contributed by atoms with Crippen molar-refractivity contribution in [1.82, 2.24) is 0 Å². The number of hydrogen-bond donors (Lipinski definition) is 1. The molecule has 146 valence electrons. The monoisotopic (exact) mass is 402 g/mol. The molecule has 0 unspecified atom stereocenters. The summed E-state index contributed by atoms with van der Waals surface area (Å²) in [4.78, 5) is 37.9. The van der Waals surface area contributed by atoms with Gasteiger partial charge in [0.15, 0.2) is 6.61 Å². The molecule has 8 heteroatoms. The van der Waals surface area contributed by atoms with Crippen LogP contribution in [0.15, 0.2) is 48.5 Å². The molecule has 2 aromatic rings. The van der Waals surface area contributed by atoms with Crippen molar-refractivity contribution in [2.75, 3.05) is 30.5 Å². The maximum atomic E-state index is 12.2. The summed E-state index contributed by atoms with van der Waals surface area (Å²) in [7, 11) is 1.55. The molecule has 0 bridgehead atoms. The fraction of sp³-hybridized carbons (Fsp3) is 0.250. The van der Waals surface area contributed by atoms with Gasteiger partial charge in [0.25, 0.3) is 5.91 Å². The molecule has 1 saturated heterocycles. The summed E-state index contributed by atoms with van der Waals surface area (Å²) in [6, 6.07) is 13.6. The maximum absolute atomic E-state index is 12.2. The van der Waals surface area contributed by atoms with E-state index < -0.39 is 24.4 Å². The van der Waals surface area contributed by atoms with Crippen LogP contribution in [-0.2, 0) is 19.1 Å². The molecular weight excluding hydrogens is 384 g/mol. The van der Waals surface area contributed by atoms with Crippen molar-refractivity contribution in [3.05, 3.63) is 53.6 Å². The quantitative estimate of drug-likeness (QED) is 0.751. The largest absolute Gasteiger partial charge is 0.497 e. The van der Waals surface area contributed by atoms with Crippen molar-refractivity contribution in [1.29, 1.82) is 0 Å². The third kappa shape index (κ3) is 4.80. The number of nitrogens with zero attached hydrogens (tertiary/aromatic N) is 1. The van der Waals surface area contributed by atoms with Gasteiger partial charge in [-0.05, 0) is 48.5 Å². The summed E-state index contributed by atoms with van der Waals surface area (Å²) in [5, 5.41) is 3.19. The lowest BCUT2D eigenvalue weighted by atomic mass is 10.1. The Bertz CT molecular complexity index is 867. The van der Waals surface area contributed by atoms with Gasteiger partial charge in [0, 0.05) is 29.4 Å². The lowest BCUT2D eigenvalue weighted by Gasteiger charge is -2.16. The summed E-state index contributed by atoms with van der Waals surface area (Å²) >= 11 is 5.86. The highest BCUT2D eigenvalue weighted by atomic mass is 35.5. The van der Waals surface area contributed by atoms with Crippen LogP contribution in [0.25, 0.3) is 0 Å². The third-order valence-corrected chi connectivity index (χ3v) is 4.57. The SMILES string of the molecule is COc1ccc(NC(=O)COC(=O)[C@@H]2CC(=O)N(c3ccc(Cl)cc3)C2)cc1. The molecule has 1 aliphatic rings. The Hall–Kier alpha value is -3.06. The fourth-order valence-electron chi connectivity index (χ4n) is 2.86. The van der Waals surface area contributed by atoms with Crippen LogP contribution in [0.5, 0.6) is 5.75 Å². The molecule has 0 spiro atoms. The van der Waals surface area contributed by atoms with Gasteiger partial charge in [0.1, 0.15) is 5.75 Å². The zero-order chi connectivity index (χ0) is 20.1. The molecule has 3 rings (SSSR count). The molecule has 1 aliphatic heterocycles. The number of anilines is 2. The van der Waals surface area contributed by atoms with Crippen LogP contribution < -0.4 is 15.0 Å². The first-order valence-electron chi connectivity index (χ1n) is 8.62. The topological polar surface area (TPSA) is 84.9 Å². The first-order chi connectivity index (χ1) is 13.5. The van der Waals surface area contributed by atoms with E-state index in [2.05, 4.69) is 5.32 Å². The Labute approximate surface area is 167 Å². The number of halogens is 1. The Balaban J connectivity index is 1.49. The highest BCUT2D eigenvalue weighted by molar-refractivity contribution is 6.30. The van der Waals surface area contributed by atoms with Crippen LogP contribution in [-0.4, -0.2) is 38.0 Å². The molecule has 2 aromatic carbocycles. The molecular formula is C20H19ClN2O5. The molecule has 1 fully saturated rings. The van der Waals surface area contributed by atoms with E-state index in [-0.39, 0.29) is 18.9 Å². The predicted octanol–water partition coefficient (Wildman–Crippen LogP) is 2.88. The van der Waals surface area contributed by atoms with Crippen LogP contribution >= 0.6 is 11.6 Å². The summed E-state index contributed by atoms with van der Waals surface area (Å²) in [6.45, 7) is -0.212. The number of carbonyl (C=O) groups excluding carboxylic acids is 3. The molecule has 0 saturated carbocycles. The normalized spacial score (nSPS) is 16.0. The smallest absolute Gasteiger partial charge is 0.311 e.